The molecular formula is C13H17NO3. The van der Waals surface area contributed by atoms with Crippen molar-refractivity contribution in [2.24, 2.45) is 5.73 Å². The first-order valence-electron chi connectivity index (χ1n) is 5.82. The Morgan fingerprint density at radius 2 is 2.18 bits per heavy atom. The first kappa shape index (κ1) is 11.9. The van der Waals surface area contributed by atoms with Crippen molar-refractivity contribution in [1.29, 1.82) is 0 Å². The van der Waals surface area contributed by atoms with Crippen LogP contribution in [0.3, 0.4) is 0 Å². The smallest absolute Gasteiger partial charge is 0.176 e. The first-order valence-corrected chi connectivity index (χ1v) is 5.82. The Morgan fingerprint density at radius 1 is 1.41 bits per heavy atom. The summed E-state index contributed by atoms with van der Waals surface area (Å²) in [4.78, 5) is 11.5. The number of hydrogen-bond acceptors (Lipinski definition) is 4. The second-order valence-corrected chi connectivity index (χ2v) is 4.16. The highest BCUT2D eigenvalue weighted by Crippen LogP contribution is 2.32. The molecule has 1 saturated carbocycles. The van der Waals surface area contributed by atoms with Crippen molar-refractivity contribution in [2.75, 3.05) is 13.7 Å². The fourth-order valence-electron chi connectivity index (χ4n) is 1.72. The molecule has 1 fully saturated rings. The molecule has 0 heterocycles. The van der Waals surface area contributed by atoms with Crippen LogP contribution in [-0.2, 0) is 0 Å². The number of ketones is 1. The number of benzene rings is 1. The van der Waals surface area contributed by atoms with Gasteiger partial charge in [0.1, 0.15) is 0 Å². The van der Waals surface area contributed by atoms with E-state index in [2.05, 4.69) is 0 Å². The van der Waals surface area contributed by atoms with Crippen molar-refractivity contribution in [3.05, 3.63) is 23.8 Å². The van der Waals surface area contributed by atoms with Crippen LogP contribution >= 0.6 is 0 Å². The van der Waals surface area contributed by atoms with Crippen molar-refractivity contribution in [3.63, 3.8) is 0 Å². The summed E-state index contributed by atoms with van der Waals surface area (Å²) in [5.41, 5.74) is 5.88. The predicted octanol–water partition coefficient (Wildman–Crippen LogP) is 1.77. The highest BCUT2D eigenvalue weighted by Gasteiger charge is 2.21. The van der Waals surface area contributed by atoms with E-state index < -0.39 is 0 Å². The molecule has 2 N–H and O–H groups in total. The normalized spacial score (nSPS) is 15.2. The van der Waals surface area contributed by atoms with Gasteiger partial charge in [-0.15, -0.1) is 0 Å². The molecule has 0 atom stereocenters. The minimum Gasteiger partial charge on any atom is -0.493 e. The van der Waals surface area contributed by atoms with Crippen LogP contribution in [0.15, 0.2) is 18.2 Å². The van der Waals surface area contributed by atoms with Gasteiger partial charge in [0.2, 0.25) is 0 Å². The van der Waals surface area contributed by atoms with Crippen LogP contribution in [-0.4, -0.2) is 25.5 Å². The van der Waals surface area contributed by atoms with Crippen LogP contribution in [0.25, 0.3) is 0 Å². The monoisotopic (exact) mass is 235 g/mol. The van der Waals surface area contributed by atoms with Crippen molar-refractivity contribution in [1.82, 2.24) is 0 Å². The number of rotatable bonds is 5. The molecule has 2 rings (SSSR count). The van der Waals surface area contributed by atoms with E-state index in [1.165, 1.54) is 6.42 Å². The molecular weight excluding hydrogens is 218 g/mol. The van der Waals surface area contributed by atoms with Crippen LogP contribution in [0.5, 0.6) is 11.5 Å². The third-order valence-corrected chi connectivity index (χ3v) is 3.02. The molecule has 0 saturated heterocycles. The molecule has 0 unspecified atom stereocenters. The lowest BCUT2D eigenvalue weighted by Crippen LogP contribution is -2.24. The summed E-state index contributed by atoms with van der Waals surface area (Å²) >= 11 is 0. The molecule has 0 aliphatic heterocycles. The van der Waals surface area contributed by atoms with E-state index >= 15 is 0 Å². The van der Waals surface area contributed by atoms with Gasteiger partial charge in [0, 0.05) is 5.56 Å². The van der Waals surface area contributed by atoms with Gasteiger partial charge < -0.3 is 15.2 Å². The lowest BCUT2D eigenvalue weighted by molar-refractivity contribution is 0.1000. The number of nitrogens with two attached hydrogens (primary N) is 1. The molecule has 0 bridgehead atoms. The van der Waals surface area contributed by atoms with Gasteiger partial charge in [-0.1, -0.05) is 0 Å². The zero-order valence-corrected chi connectivity index (χ0v) is 9.94. The molecule has 0 radical (unpaired) electrons. The SMILES string of the molecule is COc1cc(C(=O)CN)ccc1OC1CCC1. The predicted molar refractivity (Wildman–Crippen MR) is 64.6 cm³/mol. The van der Waals surface area contributed by atoms with Gasteiger partial charge in [0.15, 0.2) is 17.3 Å². The van der Waals surface area contributed by atoms with Gasteiger partial charge in [-0.25, -0.2) is 0 Å². The largest absolute Gasteiger partial charge is 0.493 e. The van der Waals surface area contributed by atoms with Gasteiger partial charge in [-0.3, -0.25) is 4.79 Å². The summed E-state index contributed by atoms with van der Waals surface area (Å²) in [6.45, 7) is 0.00594. The molecule has 1 aliphatic carbocycles. The third kappa shape index (κ3) is 2.58. The molecule has 0 aromatic heterocycles. The van der Waals surface area contributed by atoms with Gasteiger partial charge in [-0.2, -0.15) is 0 Å². The van der Waals surface area contributed by atoms with E-state index in [9.17, 15) is 4.79 Å². The van der Waals surface area contributed by atoms with Crippen molar-refractivity contribution < 1.29 is 14.3 Å². The zero-order chi connectivity index (χ0) is 12.3. The summed E-state index contributed by atoms with van der Waals surface area (Å²) in [5.74, 6) is 1.19. The summed E-state index contributed by atoms with van der Waals surface area (Å²) in [6.07, 6.45) is 3.69. The third-order valence-electron chi connectivity index (χ3n) is 3.02. The second-order valence-electron chi connectivity index (χ2n) is 4.16. The number of carbonyl (C=O) groups excluding carboxylic acids is 1. The van der Waals surface area contributed by atoms with Gasteiger partial charge in [0.25, 0.3) is 0 Å². The number of ether oxygens (including phenoxy) is 2. The second kappa shape index (κ2) is 5.19. The lowest BCUT2D eigenvalue weighted by atomic mass is 9.96. The summed E-state index contributed by atoms with van der Waals surface area (Å²) in [6, 6.07) is 5.19. The first-order chi connectivity index (χ1) is 8.24. The minimum absolute atomic E-state index is 0.00594. The Bertz CT molecular complexity index is 413. The van der Waals surface area contributed by atoms with Crippen LogP contribution in [0.1, 0.15) is 29.6 Å². The minimum atomic E-state index is -0.0986. The average Bonchev–Trinajstić information content (AvgIpc) is 2.32. The highest BCUT2D eigenvalue weighted by molar-refractivity contribution is 5.98. The fourth-order valence-corrected chi connectivity index (χ4v) is 1.72. The molecule has 0 amide bonds. The zero-order valence-electron chi connectivity index (χ0n) is 9.94. The maximum Gasteiger partial charge on any atom is 0.176 e. The average molecular weight is 235 g/mol. The Morgan fingerprint density at radius 3 is 2.71 bits per heavy atom. The molecule has 17 heavy (non-hydrogen) atoms. The summed E-state index contributed by atoms with van der Waals surface area (Å²) in [5, 5.41) is 0. The van der Waals surface area contributed by atoms with Crippen LogP contribution in [0, 0.1) is 0 Å². The Balaban J connectivity index is 2.18. The van der Waals surface area contributed by atoms with E-state index in [0.29, 0.717) is 23.2 Å². The topological polar surface area (TPSA) is 61.5 Å². The molecule has 0 spiro atoms. The molecule has 1 aromatic carbocycles. The summed E-state index contributed by atoms with van der Waals surface area (Å²) < 4.78 is 11.0. The van der Waals surface area contributed by atoms with Crippen LogP contribution < -0.4 is 15.2 Å². The number of carbonyl (C=O) groups is 1. The maximum absolute atomic E-state index is 11.5. The highest BCUT2D eigenvalue weighted by atomic mass is 16.5. The van der Waals surface area contributed by atoms with Crippen molar-refractivity contribution in [3.8, 4) is 11.5 Å². The number of hydrogen-bond donors (Lipinski definition) is 1. The van der Waals surface area contributed by atoms with Gasteiger partial charge >= 0.3 is 0 Å². The Labute approximate surface area is 101 Å². The van der Waals surface area contributed by atoms with Gasteiger partial charge in [-0.05, 0) is 37.5 Å². The molecule has 1 aromatic rings. The number of methoxy groups -OCH3 is 1. The maximum atomic E-state index is 11.5. The standard InChI is InChI=1S/C13H17NO3/c1-16-13-7-9(11(15)8-14)5-6-12(13)17-10-3-2-4-10/h5-7,10H,2-4,8,14H2,1H3. The van der Waals surface area contributed by atoms with Crippen LogP contribution in [0.2, 0.25) is 0 Å². The van der Waals surface area contributed by atoms with Gasteiger partial charge in [0.05, 0.1) is 19.8 Å². The van der Waals surface area contributed by atoms with Crippen molar-refractivity contribution in [2.45, 2.75) is 25.4 Å². The van der Waals surface area contributed by atoms with E-state index in [1.54, 1.807) is 25.3 Å². The van der Waals surface area contributed by atoms with E-state index in [4.69, 9.17) is 15.2 Å². The molecule has 4 heteroatoms. The lowest BCUT2D eigenvalue weighted by Gasteiger charge is -2.27. The Hall–Kier alpha value is -1.55. The quantitative estimate of drug-likeness (QED) is 0.790. The van der Waals surface area contributed by atoms with E-state index in [0.717, 1.165) is 12.8 Å². The number of Topliss-reactive ketones (excluding diaryl/α,β-unsaturated/α-hetero) is 1. The Kier molecular flexibility index (Phi) is 3.64. The van der Waals surface area contributed by atoms with Crippen LogP contribution in [0.4, 0.5) is 0 Å². The molecule has 92 valence electrons. The fraction of sp³-hybridized carbons (Fsp3) is 0.462. The molecule has 4 nitrogen and oxygen atoms in total. The molecule has 1 aliphatic rings. The van der Waals surface area contributed by atoms with E-state index in [1.807, 2.05) is 0 Å². The summed E-state index contributed by atoms with van der Waals surface area (Å²) in [7, 11) is 1.57. The van der Waals surface area contributed by atoms with Crippen molar-refractivity contribution >= 4 is 5.78 Å². The van der Waals surface area contributed by atoms with E-state index in [-0.39, 0.29) is 12.3 Å².